The Morgan fingerprint density at radius 1 is 0.438 bits per heavy atom. The van der Waals surface area contributed by atoms with Crippen LogP contribution in [0.5, 0.6) is 0 Å². The number of halogens is 1. The second-order valence-corrected chi connectivity index (χ2v) is 6.41. The molecule has 0 heterocycles. The van der Waals surface area contributed by atoms with Gasteiger partial charge in [0.15, 0.2) is 0 Å². The van der Waals surface area contributed by atoms with E-state index in [4.69, 9.17) is 59.3 Å². The van der Waals surface area contributed by atoms with E-state index >= 15 is 0 Å². The van der Waals surface area contributed by atoms with Crippen LogP contribution in [0.1, 0.15) is 0 Å². The van der Waals surface area contributed by atoms with Crippen LogP contribution in [0, 0.1) is 0 Å². The first-order valence-electron chi connectivity index (χ1n) is 10.7. The highest BCUT2D eigenvalue weighted by molar-refractivity contribution is 6.17. The molecule has 12 heteroatoms. The Morgan fingerprint density at radius 2 is 0.656 bits per heavy atom. The summed E-state index contributed by atoms with van der Waals surface area (Å²) in [4.78, 5) is 10.2. The fraction of sp³-hybridized carbons (Fsp3) is 0.950. The summed E-state index contributed by atoms with van der Waals surface area (Å²) >= 11 is 5.48. The first-order chi connectivity index (χ1) is 15.8. The zero-order valence-corrected chi connectivity index (χ0v) is 19.6. The van der Waals surface area contributed by atoms with Crippen LogP contribution >= 0.6 is 11.6 Å². The number of alkyl halides is 1. The van der Waals surface area contributed by atoms with Crippen LogP contribution in [0.3, 0.4) is 0 Å². The minimum Gasteiger partial charge on any atom is -0.480 e. The fourth-order valence-electron chi connectivity index (χ4n) is 1.97. The van der Waals surface area contributed by atoms with Gasteiger partial charge in [0.25, 0.3) is 0 Å². The molecular formula is C20H39ClO11. The van der Waals surface area contributed by atoms with E-state index in [0.717, 1.165) is 0 Å². The van der Waals surface area contributed by atoms with E-state index < -0.39 is 5.97 Å². The van der Waals surface area contributed by atoms with Crippen LogP contribution in [0.25, 0.3) is 0 Å². The van der Waals surface area contributed by atoms with Crippen molar-refractivity contribution in [2.75, 3.05) is 125 Å². The van der Waals surface area contributed by atoms with E-state index in [1.807, 2.05) is 0 Å². The summed E-state index contributed by atoms with van der Waals surface area (Å²) in [5.41, 5.74) is 0. The quantitative estimate of drug-likeness (QED) is 0.122. The zero-order chi connectivity index (χ0) is 23.4. The van der Waals surface area contributed by atoms with Crippen molar-refractivity contribution in [2.45, 2.75) is 0 Å². The molecule has 0 unspecified atom stereocenters. The largest absolute Gasteiger partial charge is 0.480 e. The molecule has 0 aliphatic heterocycles. The molecule has 0 fully saturated rings. The van der Waals surface area contributed by atoms with Crippen LogP contribution in [0.2, 0.25) is 0 Å². The molecule has 0 aliphatic carbocycles. The minimum atomic E-state index is -0.993. The summed E-state index contributed by atoms with van der Waals surface area (Å²) in [6.07, 6.45) is 0. The maximum Gasteiger partial charge on any atom is 0.329 e. The second kappa shape index (κ2) is 28.4. The van der Waals surface area contributed by atoms with Gasteiger partial charge in [-0.05, 0) is 0 Å². The molecule has 0 aromatic carbocycles. The van der Waals surface area contributed by atoms with Gasteiger partial charge in [-0.15, -0.1) is 11.6 Å². The molecular weight excluding hydrogens is 452 g/mol. The zero-order valence-electron chi connectivity index (χ0n) is 18.8. The number of hydrogen-bond donors (Lipinski definition) is 1. The average Bonchev–Trinajstić information content (AvgIpc) is 2.78. The van der Waals surface area contributed by atoms with E-state index in [1.54, 1.807) is 0 Å². The molecule has 32 heavy (non-hydrogen) atoms. The van der Waals surface area contributed by atoms with Gasteiger partial charge in [-0.25, -0.2) is 4.79 Å². The van der Waals surface area contributed by atoms with Gasteiger partial charge in [0.1, 0.15) is 6.61 Å². The Labute approximate surface area is 195 Å². The van der Waals surface area contributed by atoms with E-state index in [-0.39, 0.29) is 13.2 Å². The molecule has 1 N–H and O–H groups in total. The molecule has 0 rings (SSSR count). The summed E-state index contributed by atoms with van der Waals surface area (Å²) in [6.45, 7) is 7.74. The number of aliphatic carboxylic acids is 1. The van der Waals surface area contributed by atoms with Gasteiger partial charge >= 0.3 is 5.97 Å². The molecule has 11 nitrogen and oxygen atoms in total. The van der Waals surface area contributed by atoms with Crippen molar-refractivity contribution >= 4 is 17.6 Å². The highest BCUT2D eigenvalue weighted by atomic mass is 35.5. The molecule has 0 bridgehead atoms. The Morgan fingerprint density at radius 3 is 0.875 bits per heavy atom. The highest BCUT2D eigenvalue weighted by Crippen LogP contribution is 1.86. The van der Waals surface area contributed by atoms with Crippen molar-refractivity contribution in [3.8, 4) is 0 Å². The van der Waals surface area contributed by atoms with Crippen LogP contribution in [-0.4, -0.2) is 136 Å². The van der Waals surface area contributed by atoms with Gasteiger partial charge < -0.3 is 47.7 Å². The monoisotopic (exact) mass is 490 g/mol. The number of ether oxygens (including phenoxy) is 9. The third-order valence-electron chi connectivity index (χ3n) is 3.42. The number of carboxylic acids is 1. The average molecular weight is 491 g/mol. The van der Waals surface area contributed by atoms with Gasteiger partial charge in [0, 0.05) is 5.88 Å². The SMILES string of the molecule is O=C(O)COCCOCCOCCOCCOCCOCCOCCOCCOCCCl. The van der Waals surface area contributed by atoms with Gasteiger partial charge in [-0.1, -0.05) is 0 Å². The Hall–Kier alpha value is -0.600. The molecule has 0 radical (unpaired) electrons. The third-order valence-corrected chi connectivity index (χ3v) is 3.58. The predicted octanol–water partition coefficient (Wildman–Crippen LogP) is 0.459. The lowest BCUT2D eigenvalue weighted by Gasteiger charge is -2.08. The smallest absolute Gasteiger partial charge is 0.329 e. The number of carboxylic acid groups (broad SMARTS) is 1. The van der Waals surface area contributed by atoms with Gasteiger partial charge in [0.2, 0.25) is 0 Å². The van der Waals surface area contributed by atoms with Crippen molar-refractivity contribution in [3.63, 3.8) is 0 Å². The maximum atomic E-state index is 10.2. The van der Waals surface area contributed by atoms with E-state index in [1.165, 1.54) is 0 Å². The number of rotatable bonds is 28. The summed E-state index contributed by atoms with van der Waals surface area (Å²) in [5, 5.41) is 8.38. The Bertz CT molecular complexity index is 377. The molecule has 0 aromatic heterocycles. The van der Waals surface area contributed by atoms with Gasteiger partial charge in [-0.2, -0.15) is 0 Å². The first kappa shape index (κ1) is 31.4. The van der Waals surface area contributed by atoms with Crippen molar-refractivity contribution < 1.29 is 52.5 Å². The van der Waals surface area contributed by atoms with Crippen LogP contribution in [0.15, 0.2) is 0 Å². The van der Waals surface area contributed by atoms with Crippen molar-refractivity contribution in [1.82, 2.24) is 0 Å². The summed E-state index contributed by atoms with van der Waals surface area (Å²) in [5.74, 6) is -0.499. The van der Waals surface area contributed by atoms with E-state index in [9.17, 15) is 4.79 Å². The predicted molar refractivity (Wildman–Crippen MR) is 116 cm³/mol. The fourth-order valence-corrected chi connectivity index (χ4v) is 2.08. The Balaban J connectivity index is 3.00. The van der Waals surface area contributed by atoms with Crippen molar-refractivity contribution in [2.24, 2.45) is 0 Å². The highest BCUT2D eigenvalue weighted by Gasteiger charge is 1.97. The van der Waals surface area contributed by atoms with Gasteiger partial charge in [0.05, 0.1) is 112 Å². The normalized spacial score (nSPS) is 11.3. The molecule has 0 aromatic rings. The number of hydrogen-bond acceptors (Lipinski definition) is 10. The van der Waals surface area contributed by atoms with E-state index in [0.29, 0.717) is 112 Å². The number of carbonyl (C=O) groups is 1. The van der Waals surface area contributed by atoms with Crippen molar-refractivity contribution in [3.05, 3.63) is 0 Å². The molecule has 0 saturated carbocycles. The lowest BCUT2D eigenvalue weighted by Crippen LogP contribution is -2.15. The van der Waals surface area contributed by atoms with E-state index in [2.05, 4.69) is 0 Å². The topological polar surface area (TPSA) is 120 Å². The molecule has 192 valence electrons. The van der Waals surface area contributed by atoms with Crippen LogP contribution < -0.4 is 0 Å². The second-order valence-electron chi connectivity index (χ2n) is 6.03. The van der Waals surface area contributed by atoms with Crippen LogP contribution in [-0.2, 0) is 47.4 Å². The molecule has 0 aliphatic rings. The summed E-state index contributed by atoms with van der Waals surface area (Å²) in [6, 6.07) is 0. The van der Waals surface area contributed by atoms with Crippen molar-refractivity contribution in [1.29, 1.82) is 0 Å². The third kappa shape index (κ3) is 29.4. The lowest BCUT2D eigenvalue weighted by molar-refractivity contribution is -0.142. The Kier molecular flexibility index (Phi) is 27.9. The molecule has 0 spiro atoms. The molecule has 0 amide bonds. The maximum absolute atomic E-state index is 10.2. The lowest BCUT2D eigenvalue weighted by atomic mass is 10.6. The first-order valence-corrected chi connectivity index (χ1v) is 11.3. The molecule has 0 atom stereocenters. The summed E-state index contributed by atoms with van der Waals surface area (Å²) < 4.78 is 47.5. The standard InChI is InChI=1S/C20H39ClO11/c21-1-2-24-3-4-25-5-6-26-7-8-27-9-10-28-11-12-29-13-14-30-15-16-31-17-18-32-19-20(22)23/h1-19H2,(H,22,23). The molecule has 0 saturated heterocycles. The van der Waals surface area contributed by atoms with Gasteiger partial charge in [-0.3, -0.25) is 0 Å². The summed E-state index contributed by atoms with van der Waals surface area (Å²) in [7, 11) is 0. The minimum absolute atomic E-state index is 0.247. The van der Waals surface area contributed by atoms with Crippen LogP contribution in [0.4, 0.5) is 0 Å².